The van der Waals surface area contributed by atoms with Crippen LogP contribution in [-0.4, -0.2) is 56.3 Å². The topological polar surface area (TPSA) is 117 Å². The van der Waals surface area contributed by atoms with Gasteiger partial charge in [-0.15, -0.1) is 0 Å². The molecule has 0 fully saturated rings. The van der Waals surface area contributed by atoms with Gasteiger partial charge in [0.1, 0.15) is 5.60 Å². The van der Waals surface area contributed by atoms with Gasteiger partial charge in [0.15, 0.2) is 11.7 Å². The van der Waals surface area contributed by atoms with E-state index in [9.17, 15) is 9.59 Å². The molecule has 0 radical (unpaired) electrons. The van der Waals surface area contributed by atoms with E-state index in [1.807, 2.05) is 27.7 Å². The lowest BCUT2D eigenvalue weighted by Gasteiger charge is -2.24. The van der Waals surface area contributed by atoms with Crippen LogP contribution >= 0.6 is 0 Å². The summed E-state index contributed by atoms with van der Waals surface area (Å²) in [7, 11) is 1.70. The minimum Gasteiger partial charge on any atom is -0.459 e. The minimum atomic E-state index is -0.529. The van der Waals surface area contributed by atoms with Gasteiger partial charge in [-0.3, -0.25) is 9.79 Å². The maximum atomic E-state index is 12.0. The zero-order valence-corrected chi connectivity index (χ0v) is 19.8. The van der Waals surface area contributed by atoms with Crippen LogP contribution in [0.2, 0.25) is 0 Å². The number of carbonyl (C=O) groups excluding carboxylic acids is 2. The van der Waals surface area contributed by atoms with Crippen LogP contribution in [-0.2, 0) is 4.74 Å². The molecule has 2 amide bonds. The van der Waals surface area contributed by atoms with E-state index in [0.717, 1.165) is 31.2 Å². The second-order valence-electron chi connectivity index (χ2n) is 8.41. The Balaban J connectivity index is 2.39. The highest BCUT2D eigenvalue weighted by atomic mass is 16.6. The van der Waals surface area contributed by atoms with E-state index in [1.165, 1.54) is 6.26 Å². The van der Waals surface area contributed by atoms with Crippen LogP contribution in [0.15, 0.2) is 21.7 Å². The highest BCUT2D eigenvalue weighted by molar-refractivity contribution is 5.92. The fourth-order valence-corrected chi connectivity index (χ4v) is 2.77. The summed E-state index contributed by atoms with van der Waals surface area (Å²) >= 11 is 0. The van der Waals surface area contributed by atoms with Gasteiger partial charge in [-0.25, -0.2) is 4.79 Å². The molecule has 1 atom stereocenters. The molecule has 0 aromatic carbocycles. The summed E-state index contributed by atoms with van der Waals surface area (Å²) in [6.07, 6.45) is 4.79. The number of furan rings is 1. The Kier molecular flexibility index (Phi) is 11.5. The molecule has 9 nitrogen and oxygen atoms in total. The van der Waals surface area contributed by atoms with Gasteiger partial charge in [-0.2, -0.15) is 0 Å². The smallest absolute Gasteiger partial charge is 0.407 e. The van der Waals surface area contributed by atoms with Crippen molar-refractivity contribution in [2.75, 3.05) is 26.7 Å². The van der Waals surface area contributed by atoms with E-state index in [-0.39, 0.29) is 11.9 Å². The number of aryl methyl sites for hydroxylation is 1. The fraction of sp³-hybridized carbons (Fsp3) is 0.682. The Morgan fingerprint density at radius 1 is 1.16 bits per heavy atom. The standard InChI is InChI=1S/C22H39N5O4/c1-7-8-10-17(15-26-21(29)31-22(3,4)5)27-20(23-6)25-13-9-12-24-19(28)18-16(2)11-14-30-18/h11,14,17H,7-10,12-13,15H2,1-6H3,(H,24,28)(H,26,29)(H2,23,25,27). The van der Waals surface area contributed by atoms with Crippen molar-refractivity contribution in [1.29, 1.82) is 0 Å². The monoisotopic (exact) mass is 437 g/mol. The highest BCUT2D eigenvalue weighted by Crippen LogP contribution is 2.08. The first-order valence-corrected chi connectivity index (χ1v) is 10.9. The van der Waals surface area contributed by atoms with Crippen molar-refractivity contribution >= 4 is 18.0 Å². The predicted molar refractivity (Wildman–Crippen MR) is 122 cm³/mol. The number of hydrogen-bond donors (Lipinski definition) is 4. The second kappa shape index (κ2) is 13.6. The second-order valence-corrected chi connectivity index (χ2v) is 8.41. The molecule has 1 unspecified atom stereocenters. The van der Waals surface area contributed by atoms with Crippen molar-refractivity contribution in [1.82, 2.24) is 21.3 Å². The Bertz CT molecular complexity index is 709. The molecule has 0 aliphatic rings. The van der Waals surface area contributed by atoms with E-state index < -0.39 is 11.7 Å². The Morgan fingerprint density at radius 2 is 1.87 bits per heavy atom. The largest absolute Gasteiger partial charge is 0.459 e. The number of aliphatic imine (C=N–C) groups is 1. The number of unbranched alkanes of at least 4 members (excludes halogenated alkanes) is 1. The van der Waals surface area contributed by atoms with Crippen LogP contribution in [0.25, 0.3) is 0 Å². The van der Waals surface area contributed by atoms with Gasteiger partial charge in [-0.05, 0) is 46.6 Å². The summed E-state index contributed by atoms with van der Waals surface area (Å²) < 4.78 is 10.5. The van der Waals surface area contributed by atoms with Gasteiger partial charge < -0.3 is 30.4 Å². The molecule has 9 heteroatoms. The van der Waals surface area contributed by atoms with Crippen molar-refractivity contribution < 1.29 is 18.7 Å². The van der Waals surface area contributed by atoms with Gasteiger partial charge >= 0.3 is 6.09 Å². The molecule has 1 heterocycles. The molecular formula is C22H39N5O4. The van der Waals surface area contributed by atoms with E-state index in [0.29, 0.717) is 31.4 Å². The first kappa shape index (κ1) is 26.3. The van der Waals surface area contributed by atoms with Crippen molar-refractivity contribution in [2.45, 2.75) is 71.9 Å². The minimum absolute atomic E-state index is 0.0281. The van der Waals surface area contributed by atoms with E-state index in [2.05, 4.69) is 33.2 Å². The first-order chi connectivity index (χ1) is 14.7. The maximum absolute atomic E-state index is 12.0. The average Bonchev–Trinajstić information content (AvgIpc) is 3.12. The molecule has 0 saturated heterocycles. The molecule has 176 valence electrons. The summed E-state index contributed by atoms with van der Waals surface area (Å²) in [5.41, 5.74) is 0.289. The first-order valence-electron chi connectivity index (χ1n) is 10.9. The summed E-state index contributed by atoms with van der Waals surface area (Å²) in [6, 6.07) is 1.79. The Morgan fingerprint density at radius 3 is 2.45 bits per heavy atom. The molecule has 4 N–H and O–H groups in total. The van der Waals surface area contributed by atoms with Crippen LogP contribution in [0.5, 0.6) is 0 Å². The summed E-state index contributed by atoms with van der Waals surface area (Å²) in [6.45, 7) is 11.1. The summed E-state index contributed by atoms with van der Waals surface area (Å²) in [5, 5.41) is 12.3. The Hall–Kier alpha value is -2.71. The predicted octanol–water partition coefficient (Wildman–Crippen LogP) is 2.96. The van der Waals surface area contributed by atoms with Crippen LogP contribution in [0, 0.1) is 6.92 Å². The average molecular weight is 438 g/mol. The van der Waals surface area contributed by atoms with Crippen LogP contribution < -0.4 is 21.3 Å². The molecule has 31 heavy (non-hydrogen) atoms. The third-order valence-corrected chi connectivity index (χ3v) is 4.36. The lowest BCUT2D eigenvalue weighted by molar-refractivity contribution is 0.0522. The molecule has 1 aromatic heterocycles. The number of hydrogen-bond acceptors (Lipinski definition) is 5. The van der Waals surface area contributed by atoms with Crippen molar-refractivity contribution in [3.05, 3.63) is 23.7 Å². The number of guanidine groups is 1. The van der Waals surface area contributed by atoms with Crippen molar-refractivity contribution in [3.8, 4) is 0 Å². The molecule has 0 aliphatic heterocycles. The van der Waals surface area contributed by atoms with Crippen LogP contribution in [0.4, 0.5) is 4.79 Å². The number of nitrogens with one attached hydrogen (secondary N) is 4. The number of rotatable bonds is 11. The molecule has 1 aromatic rings. The fourth-order valence-electron chi connectivity index (χ4n) is 2.77. The lowest BCUT2D eigenvalue weighted by Crippen LogP contribution is -2.49. The van der Waals surface area contributed by atoms with Gasteiger partial charge in [0.05, 0.1) is 6.26 Å². The molecule has 0 aliphatic carbocycles. The number of amides is 2. The third kappa shape index (κ3) is 11.3. The number of alkyl carbamates (subject to hydrolysis) is 1. The van der Waals surface area contributed by atoms with Gasteiger partial charge in [0.25, 0.3) is 5.91 Å². The molecular weight excluding hydrogens is 398 g/mol. The summed E-state index contributed by atoms with van der Waals surface area (Å²) in [4.78, 5) is 28.2. The third-order valence-electron chi connectivity index (χ3n) is 4.36. The molecule has 0 spiro atoms. The van der Waals surface area contributed by atoms with E-state index in [4.69, 9.17) is 9.15 Å². The Labute approximate surface area is 185 Å². The van der Waals surface area contributed by atoms with Gasteiger partial charge in [0, 0.05) is 38.3 Å². The van der Waals surface area contributed by atoms with Gasteiger partial charge in [-0.1, -0.05) is 19.8 Å². The number of nitrogens with zero attached hydrogens (tertiary/aromatic N) is 1. The number of carbonyl (C=O) groups is 2. The number of ether oxygens (including phenoxy) is 1. The normalized spacial score (nSPS) is 12.8. The van der Waals surface area contributed by atoms with Crippen molar-refractivity contribution in [2.24, 2.45) is 4.99 Å². The maximum Gasteiger partial charge on any atom is 0.407 e. The zero-order valence-electron chi connectivity index (χ0n) is 19.8. The van der Waals surface area contributed by atoms with E-state index >= 15 is 0 Å². The lowest BCUT2D eigenvalue weighted by atomic mass is 10.1. The van der Waals surface area contributed by atoms with Crippen LogP contribution in [0.3, 0.4) is 0 Å². The SMILES string of the molecule is CCCCC(CNC(=O)OC(C)(C)C)NC(=NC)NCCCNC(=O)c1occc1C. The van der Waals surface area contributed by atoms with Gasteiger partial charge in [0.2, 0.25) is 0 Å². The zero-order chi connectivity index (χ0) is 23.3. The molecule has 0 saturated carbocycles. The molecule has 1 rings (SSSR count). The van der Waals surface area contributed by atoms with E-state index in [1.54, 1.807) is 13.1 Å². The van der Waals surface area contributed by atoms with Crippen LogP contribution in [0.1, 0.15) is 69.5 Å². The summed E-state index contributed by atoms with van der Waals surface area (Å²) in [5.74, 6) is 0.792. The van der Waals surface area contributed by atoms with Crippen molar-refractivity contribution in [3.63, 3.8) is 0 Å². The quantitative estimate of drug-likeness (QED) is 0.240. The highest BCUT2D eigenvalue weighted by Gasteiger charge is 2.18. The molecule has 0 bridgehead atoms.